The molecule has 0 aliphatic rings. The Morgan fingerprint density at radius 1 is 1.08 bits per heavy atom. The summed E-state index contributed by atoms with van der Waals surface area (Å²) in [6.07, 6.45) is 2.26. The summed E-state index contributed by atoms with van der Waals surface area (Å²) in [5, 5.41) is 3.23. The molecule has 13 heavy (non-hydrogen) atoms. The van der Waals surface area contributed by atoms with E-state index in [1.165, 1.54) is 16.7 Å². The van der Waals surface area contributed by atoms with E-state index >= 15 is 0 Å². The number of nitrogens with one attached hydrogen (secondary N) is 1. The van der Waals surface area contributed by atoms with Crippen molar-refractivity contribution in [3.63, 3.8) is 0 Å². The van der Waals surface area contributed by atoms with Gasteiger partial charge >= 0.3 is 0 Å². The highest BCUT2D eigenvalue weighted by Crippen LogP contribution is 2.15. The molecule has 0 saturated heterocycles. The summed E-state index contributed by atoms with van der Waals surface area (Å²) in [7, 11) is 2.01. The zero-order valence-corrected chi connectivity index (χ0v) is 8.85. The Balaban J connectivity index is 3.05. The minimum Gasteiger partial charge on any atom is -0.316 e. The Morgan fingerprint density at radius 3 is 2.00 bits per heavy atom. The third kappa shape index (κ3) is 2.31. The van der Waals surface area contributed by atoms with Gasteiger partial charge in [-0.05, 0) is 36.6 Å². The second-order valence-corrected chi connectivity index (χ2v) is 3.29. The molecule has 72 valence electrons. The molecule has 0 bridgehead atoms. The summed E-state index contributed by atoms with van der Waals surface area (Å²) >= 11 is 0. The van der Waals surface area contributed by atoms with Gasteiger partial charge in [0.1, 0.15) is 0 Å². The van der Waals surface area contributed by atoms with Crippen molar-refractivity contribution in [3.8, 4) is 0 Å². The van der Waals surface area contributed by atoms with Crippen LogP contribution in [0.2, 0.25) is 0 Å². The first kappa shape index (κ1) is 10.3. The van der Waals surface area contributed by atoms with Crippen LogP contribution in [0.15, 0.2) is 18.2 Å². The minimum atomic E-state index is 0.993. The van der Waals surface area contributed by atoms with E-state index in [-0.39, 0.29) is 0 Å². The summed E-state index contributed by atoms with van der Waals surface area (Å²) in [6, 6.07) is 6.62. The van der Waals surface area contributed by atoms with Crippen LogP contribution in [0.1, 0.15) is 30.5 Å². The second-order valence-electron chi connectivity index (χ2n) is 3.29. The van der Waals surface area contributed by atoms with Crippen molar-refractivity contribution >= 4 is 0 Å². The maximum atomic E-state index is 3.23. The Labute approximate surface area is 81.2 Å². The molecule has 0 radical (unpaired) electrons. The molecule has 0 aliphatic carbocycles. The van der Waals surface area contributed by atoms with Crippen molar-refractivity contribution in [1.29, 1.82) is 0 Å². The molecule has 0 amide bonds. The highest BCUT2D eigenvalue weighted by Gasteiger charge is 2.03. The van der Waals surface area contributed by atoms with Crippen LogP contribution in [0.4, 0.5) is 0 Å². The van der Waals surface area contributed by atoms with Crippen molar-refractivity contribution in [2.75, 3.05) is 7.05 Å². The van der Waals surface area contributed by atoms with E-state index in [4.69, 9.17) is 0 Å². The predicted molar refractivity (Wildman–Crippen MR) is 58.0 cm³/mol. The van der Waals surface area contributed by atoms with Gasteiger partial charge in [-0.25, -0.2) is 0 Å². The van der Waals surface area contributed by atoms with Crippen LogP contribution >= 0.6 is 0 Å². The largest absolute Gasteiger partial charge is 0.316 e. The average molecular weight is 177 g/mol. The SMILES string of the molecule is CCc1cccc(CC)c1CNC. The van der Waals surface area contributed by atoms with Crippen molar-refractivity contribution in [3.05, 3.63) is 34.9 Å². The van der Waals surface area contributed by atoms with Gasteiger partial charge in [0, 0.05) is 6.54 Å². The Bertz CT molecular complexity index is 244. The van der Waals surface area contributed by atoms with E-state index < -0.39 is 0 Å². The summed E-state index contributed by atoms with van der Waals surface area (Å²) < 4.78 is 0. The normalized spacial score (nSPS) is 10.4. The fourth-order valence-corrected chi connectivity index (χ4v) is 1.75. The van der Waals surface area contributed by atoms with Gasteiger partial charge in [-0.1, -0.05) is 32.0 Å². The Morgan fingerprint density at radius 2 is 1.62 bits per heavy atom. The van der Waals surface area contributed by atoms with E-state index in [1.807, 2.05) is 7.05 Å². The lowest BCUT2D eigenvalue weighted by atomic mass is 9.98. The van der Waals surface area contributed by atoms with Crippen molar-refractivity contribution in [1.82, 2.24) is 5.32 Å². The number of hydrogen-bond acceptors (Lipinski definition) is 1. The predicted octanol–water partition coefficient (Wildman–Crippen LogP) is 2.53. The lowest BCUT2D eigenvalue weighted by Crippen LogP contribution is -2.10. The molecule has 1 rings (SSSR count). The van der Waals surface area contributed by atoms with E-state index in [0.717, 1.165) is 19.4 Å². The van der Waals surface area contributed by atoms with Gasteiger partial charge < -0.3 is 5.32 Å². The van der Waals surface area contributed by atoms with E-state index in [1.54, 1.807) is 0 Å². The van der Waals surface area contributed by atoms with Crippen LogP contribution < -0.4 is 5.32 Å². The summed E-state index contributed by atoms with van der Waals surface area (Å²) in [6.45, 7) is 5.43. The van der Waals surface area contributed by atoms with Gasteiger partial charge in [0.15, 0.2) is 0 Å². The monoisotopic (exact) mass is 177 g/mol. The van der Waals surface area contributed by atoms with Gasteiger partial charge in [-0.3, -0.25) is 0 Å². The minimum absolute atomic E-state index is 0.993. The third-order valence-corrected chi connectivity index (χ3v) is 2.49. The highest BCUT2D eigenvalue weighted by atomic mass is 14.8. The Hall–Kier alpha value is -0.820. The molecular weight excluding hydrogens is 158 g/mol. The molecular formula is C12H19N. The van der Waals surface area contributed by atoms with Crippen LogP contribution in [-0.4, -0.2) is 7.05 Å². The van der Waals surface area contributed by atoms with Crippen LogP contribution in [0.3, 0.4) is 0 Å². The van der Waals surface area contributed by atoms with Crippen LogP contribution in [-0.2, 0) is 19.4 Å². The lowest BCUT2D eigenvalue weighted by molar-refractivity contribution is 0.793. The molecule has 0 saturated carbocycles. The topological polar surface area (TPSA) is 12.0 Å². The molecule has 0 aromatic heterocycles. The van der Waals surface area contributed by atoms with Gasteiger partial charge in [-0.15, -0.1) is 0 Å². The summed E-state index contributed by atoms with van der Waals surface area (Å²) in [4.78, 5) is 0. The highest BCUT2D eigenvalue weighted by molar-refractivity contribution is 5.35. The molecule has 1 nitrogen and oxygen atoms in total. The molecule has 0 atom stereocenters. The first-order chi connectivity index (χ1) is 6.33. The zero-order chi connectivity index (χ0) is 9.68. The van der Waals surface area contributed by atoms with Crippen molar-refractivity contribution in [2.45, 2.75) is 33.2 Å². The zero-order valence-electron chi connectivity index (χ0n) is 8.85. The number of aryl methyl sites for hydroxylation is 2. The Kier molecular flexibility index (Phi) is 3.97. The third-order valence-electron chi connectivity index (χ3n) is 2.49. The fourth-order valence-electron chi connectivity index (χ4n) is 1.75. The maximum Gasteiger partial charge on any atom is 0.0207 e. The second kappa shape index (κ2) is 5.03. The lowest BCUT2D eigenvalue weighted by Gasteiger charge is -2.12. The van der Waals surface area contributed by atoms with Gasteiger partial charge in [-0.2, -0.15) is 0 Å². The van der Waals surface area contributed by atoms with Crippen LogP contribution in [0.5, 0.6) is 0 Å². The average Bonchev–Trinajstić information content (AvgIpc) is 2.18. The molecule has 0 aliphatic heterocycles. The molecule has 0 spiro atoms. The summed E-state index contributed by atoms with van der Waals surface area (Å²) in [5.74, 6) is 0. The van der Waals surface area contributed by atoms with E-state index in [0.29, 0.717) is 0 Å². The molecule has 1 N–H and O–H groups in total. The maximum absolute atomic E-state index is 3.23. The number of hydrogen-bond donors (Lipinski definition) is 1. The van der Waals surface area contributed by atoms with Crippen LogP contribution in [0, 0.1) is 0 Å². The first-order valence-electron chi connectivity index (χ1n) is 5.07. The molecule has 0 fully saturated rings. The van der Waals surface area contributed by atoms with Crippen LogP contribution in [0.25, 0.3) is 0 Å². The molecule has 1 aromatic rings. The standard InChI is InChI=1S/C12H19N/c1-4-10-7-6-8-11(5-2)12(10)9-13-3/h6-8,13H,4-5,9H2,1-3H3. The molecule has 0 heterocycles. The van der Waals surface area contributed by atoms with E-state index in [2.05, 4.69) is 37.4 Å². The van der Waals surface area contributed by atoms with Gasteiger partial charge in [0.2, 0.25) is 0 Å². The van der Waals surface area contributed by atoms with E-state index in [9.17, 15) is 0 Å². The molecule has 1 heteroatoms. The fraction of sp³-hybridized carbons (Fsp3) is 0.500. The molecule has 0 unspecified atom stereocenters. The summed E-state index contributed by atoms with van der Waals surface area (Å²) in [5.41, 5.74) is 4.46. The number of rotatable bonds is 4. The first-order valence-corrected chi connectivity index (χ1v) is 5.07. The van der Waals surface area contributed by atoms with Crippen molar-refractivity contribution < 1.29 is 0 Å². The van der Waals surface area contributed by atoms with Gasteiger partial charge in [0.25, 0.3) is 0 Å². The molecule has 1 aromatic carbocycles. The van der Waals surface area contributed by atoms with Gasteiger partial charge in [0.05, 0.1) is 0 Å². The van der Waals surface area contributed by atoms with Crippen molar-refractivity contribution in [2.24, 2.45) is 0 Å². The smallest absolute Gasteiger partial charge is 0.0207 e. The number of benzene rings is 1. The quantitative estimate of drug-likeness (QED) is 0.745.